The van der Waals surface area contributed by atoms with Crippen molar-refractivity contribution in [1.29, 1.82) is 0 Å². The molecule has 96 heavy (non-hydrogen) atoms. The van der Waals surface area contributed by atoms with Crippen LogP contribution in [0.5, 0.6) is 0 Å². The van der Waals surface area contributed by atoms with Gasteiger partial charge in [0.25, 0.3) is 0 Å². The van der Waals surface area contributed by atoms with E-state index in [2.05, 4.69) is 11.8 Å². The van der Waals surface area contributed by atoms with E-state index in [1.54, 1.807) is 176 Å². The van der Waals surface area contributed by atoms with E-state index in [1.165, 1.54) is 78.9 Å². The van der Waals surface area contributed by atoms with Crippen LogP contribution in [0.1, 0.15) is 95.7 Å². The van der Waals surface area contributed by atoms with Crippen molar-refractivity contribution in [2.75, 3.05) is 26.4 Å². The van der Waals surface area contributed by atoms with Crippen molar-refractivity contribution in [2.45, 2.75) is 74.3 Å². The smallest absolute Gasteiger partial charge is 0.338 e. The van der Waals surface area contributed by atoms with Gasteiger partial charge in [-0.3, -0.25) is 0 Å². The fourth-order valence-electron chi connectivity index (χ4n) is 10.1. The van der Waals surface area contributed by atoms with Gasteiger partial charge < -0.3 is 56.8 Å². The molecule has 5 unspecified atom stereocenters. The first kappa shape index (κ1) is 67.5. The third-order valence-electron chi connectivity index (χ3n) is 14.9. The number of ether oxygens (including phenoxy) is 12. The lowest BCUT2D eigenvalue weighted by Gasteiger charge is -2.44. The minimum Gasteiger partial charge on any atom is -0.459 e. The molecule has 8 aromatic carbocycles. The number of hydrogen-bond donors (Lipinski definition) is 0. The Balaban J connectivity index is 0.879. The summed E-state index contributed by atoms with van der Waals surface area (Å²) in [6.45, 7) is -1.42. The van der Waals surface area contributed by atoms with E-state index in [0.717, 1.165) is 0 Å². The number of rotatable bonds is 25. The van der Waals surface area contributed by atoms with Gasteiger partial charge in [0.15, 0.2) is 49.2 Å². The van der Waals surface area contributed by atoms with Crippen LogP contribution in [0.15, 0.2) is 255 Å². The Bertz CT molecular complexity index is 3960. The molecular weight excluding hydrogens is 1230 g/mol. The van der Waals surface area contributed by atoms with E-state index in [0.29, 0.717) is 0 Å². The van der Waals surface area contributed by atoms with Crippen molar-refractivity contribution in [3.8, 4) is 11.8 Å². The molecule has 10 rings (SSSR count). The molecule has 0 N–H and O–H groups in total. The van der Waals surface area contributed by atoms with Crippen LogP contribution in [-0.2, 0) is 56.8 Å². The first-order valence-corrected chi connectivity index (χ1v) is 30.7. The fraction of sp³-hybridized carbons (Fsp3) is 0.211. The van der Waals surface area contributed by atoms with Crippen LogP contribution >= 0.6 is 0 Å². The molecule has 0 amide bonds. The van der Waals surface area contributed by atoms with Crippen molar-refractivity contribution >= 4 is 47.8 Å². The monoisotopic (exact) mass is 1300 g/mol. The van der Waals surface area contributed by atoms with E-state index < -0.39 is 122 Å². The van der Waals surface area contributed by atoms with Gasteiger partial charge in [0.05, 0.1) is 57.7 Å². The van der Waals surface area contributed by atoms with Crippen LogP contribution in [0.2, 0.25) is 0 Å². The van der Waals surface area contributed by atoms with Crippen molar-refractivity contribution in [1.82, 2.24) is 0 Å². The molecule has 488 valence electrons. The molecule has 0 spiro atoms. The van der Waals surface area contributed by atoms with Crippen LogP contribution in [0.3, 0.4) is 0 Å². The summed E-state index contributed by atoms with van der Waals surface area (Å²) < 4.78 is 74.0. The molecule has 0 aromatic heterocycles. The van der Waals surface area contributed by atoms with E-state index in [9.17, 15) is 38.4 Å². The van der Waals surface area contributed by atoms with Gasteiger partial charge in [-0.05, 0) is 110 Å². The highest BCUT2D eigenvalue weighted by molar-refractivity contribution is 5.93. The predicted octanol–water partition coefficient (Wildman–Crippen LogP) is 10.9. The molecule has 2 saturated heterocycles. The molecule has 0 saturated carbocycles. The van der Waals surface area contributed by atoms with Gasteiger partial charge in [0, 0.05) is 6.42 Å². The summed E-state index contributed by atoms with van der Waals surface area (Å²) >= 11 is 0. The summed E-state index contributed by atoms with van der Waals surface area (Å²) in [4.78, 5) is 111. The molecule has 2 aliphatic rings. The molecule has 8 aromatic rings. The second kappa shape index (κ2) is 34.5. The van der Waals surface area contributed by atoms with E-state index in [4.69, 9.17) is 56.8 Å². The topological polar surface area (TPSA) is 247 Å². The van der Waals surface area contributed by atoms with Gasteiger partial charge in [-0.15, -0.1) is 0 Å². The minimum atomic E-state index is -1.64. The van der Waals surface area contributed by atoms with Crippen molar-refractivity contribution in [3.63, 3.8) is 0 Å². The maximum atomic E-state index is 14.1. The highest BCUT2D eigenvalue weighted by Crippen LogP contribution is 2.34. The lowest BCUT2D eigenvalue weighted by atomic mass is 9.97. The van der Waals surface area contributed by atoms with Crippen molar-refractivity contribution in [2.24, 2.45) is 0 Å². The number of carbonyl (C=O) groups excluding carboxylic acids is 8. The van der Waals surface area contributed by atoms with Crippen LogP contribution < -0.4 is 0 Å². The van der Waals surface area contributed by atoms with E-state index in [-0.39, 0.29) is 70.6 Å². The van der Waals surface area contributed by atoms with Crippen molar-refractivity contribution in [3.05, 3.63) is 299 Å². The van der Waals surface area contributed by atoms with Crippen LogP contribution in [-0.4, -0.2) is 136 Å². The Hall–Kier alpha value is -11.3. The number of esters is 8. The first-order valence-electron chi connectivity index (χ1n) is 30.7. The zero-order valence-corrected chi connectivity index (χ0v) is 51.4. The van der Waals surface area contributed by atoms with E-state index >= 15 is 0 Å². The fourth-order valence-corrected chi connectivity index (χ4v) is 10.1. The highest BCUT2D eigenvalue weighted by atomic mass is 16.7. The highest BCUT2D eigenvalue weighted by Gasteiger charge is 2.55. The third-order valence-corrected chi connectivity index (χ3v) is 14.9. The zero-order valence-electron chi connectivity index (χ0n) is 51.4. The number of allylic oxidation sites excluding steroid dienone is 1. The first-order chi connectivity index (χ1) is 47.0. The summed E-state index contributed by atoms with van der Waals surface area (Å²) in [6, 6.07) is 64.1. The molecule has 20 nitrogen and oxygen atoms in total. The number of hydrogen-bond acceptors (Lipinski definition) is 20. The van der Waals surface area contributed by atoms with Crippen LogP contribution in [0.4, 0.5) is 0 Å². The predicted molar refractivity (Wildman–Crippen MR) is 343 cm³/mol. The summed E-state index contributed by atoms with van der Waals surface area (Å²) in [5.74, 6) is -0.755. The average molecular weight is 1300 g/mol. The molecule has 2 heterocycles. The number of carbonyl (C=O) groups is 8. The maximum Gasteiger partial charge on any atom is 0.338 e. The Morgan fingerprint density at radius 2 is 0.562 bits per heavy atom. The van der Waals surface area contributed by atoms with Gasteiger partial charge in [-0.25, -0.2) is 38.4 Å². The molecule has 0 aliphatic carbocycles. The van der Waals surface area contributed by atoms with Gasteiger partial charge in [0.2, 0.25) is 0 Å². The average Bonchev–Trinajstić information content (AvgIpc) is 0.790. The molecule has 2 fully saturated rings. The number of benzene rings is 8. The second-order valence-corrected chi connectivity index (χ2v) is 21.4. The summed E-state index contributed by atoms with van der Waals surface area (Å²) in [5.41, 5.74) is 1.14. The Morgan fingerprint density at radius 3 is 0.854 bits per heavy atom. The zero-order chi connectivity index (χ0) is 66.9. The van der Waals surface area contributed by atoms with Gasteiger partial charge in [0.1, 0.15) is 25.4 Å². The molecule has 2 aliphatic heterocycles. The van der Waals surface area contributed by atoms with Crippen LogP contribution in [0, 0.1) is 11.8 Å². The lowest BCUT2D eigenvalue weighted by molar-refractivity contribution is -0.298. The normalized spacial score (nSPS) is 20.3. The quantitative estimate of drug-likeness (QED) is 0.0223. The Kier molecular flexibility index (Phi) is 24.3. The Labute approximate surface area is 552 Å². The van der Waals surface area contributed by atoms with Gasteiger partial charge in [-0.2, -0.15) is 0 Å². The summed E-state index contributed by atoms with van der Waals surface area (Å²) in [6.07, 6.45) is -12.1. The van der Waals surface area contributed by atoms with Gasteiger partial charge >= 0.3 is 47.8 Å². The van der Waals surface area contributed by atoms with Gasteiger partial charge in [-0.1, -0.05) is 164 Å². The SMILES string of the molecule is O=C(OCC1O[C@@H](OCCC#C/C=C/CCO[C@H]2OC(COC(=O)c3ccccc3)[C@@H](OC(=O)c3ccccc3)[C@@H](OC(=O)c3ccccc3)C2OC(=O)c2ccccc2)C(OC(=O)c2ccccc2)C(OC(=O)c2ccccc2)[C@H]1OC(=O)c1ccccc1)c1ccccc1. The largest absolute Gasteiger partial charge is 0.459 e. The maximum absolute atomic E-state index is 14.1. The van der Waals surface area contributed by atoms with Crippen LogP contribution in [0.25, 0.3) is 0 Å². The Morgan fingerprint density at radius 1 is 0.312 bits per heavy atom. The third kappa shape index (κ3) is 18.7. The standard InChI is InChI=1S/C76H64O20/c77-67(51-31-13-5-14-32-51)87-49-59-61(91-69(79)53-35-17-7-18-36-53)63(93-71(81)55-39-21-9-22-40-55)65(95-73(83)57-43-25-11-26-44-57)75(89-59)85-47-29-3-1-2-4-30-48-86-76-66(96-74(84)58-45-27-12-28-46-58)64(94-72(82)56-41-23-10-24-42-56)62(92-70(80)54-37-19-8-20-38-54)60(90-76)50-88-68(78)52-33-15-6-16-34-52/h1,3,5-28,31-46,59-66,75-76H,29-30,47-50H2/b3-1+/t59?,60?,61-,62+,63-,64?,65?,66?,75+,76-/m1/s1. The van der Waals surface area contributed by atoms with E-state index in [1.807, 2.05) is 0 Å². The molecular formula is C76H64O20. The minimum absolute atomic E-state index is 0.0360. The summed E-state index contributed by atoms with van der Waals surface area (Å²) in [7, 11) is 0. The summed E-state index contributed by atoms with van der Waals surface area (Å²) in [5, 5.41) is 0. The molecule has 10 atom stereocenters. The molecule has 20 heteroatoms. The van der Waals surface area contributed by atoms with Crippen molar-refractivity contribution < 1.29 is 95.2 Å². The second-order valence-electron chi connectivity index (χ2n) is 21.4. The lowest BCUT2D eigenvalue weighted by Crippen LogP contribution is -2.63. The molecule has 0 radical (unpaired) electrons. The molecule has 0 bridgehead atoms.